The molecule has 8 nitrogen and oxygen atoms in total. The molecule has 0 saturated carbocycles. The summed E-state index contributed by atoms with van der Waals surface area (Å²) in [6, 6.07) is 16.2. The van der Waals surface area contributed by atoms with E-state index in [1.54, 1.807) is 0 Å². The molecule has 1 unspecified atom stereocenters. The summed E-state index contributed by atoms with van der Waals surface area (Å²) in [7, 11) is 0. The van der Waals surface area contributed by atoms with Gasteiger partial charge in [-0.05, 0) is 34.4 Å². The van der Waals surface area contributed by atoms with Crippen molar-refractivity contribution >= 4 is 18.0 Å². The number of fused-ring (bicyclic) bond motifs is 3. The topological polar surface area (TPSA) is 118 Å². The fraction of sp³-hybridized carbons (Fsp3) is 0.240. The highest BCUT2D eigenvalue weighted by Crippen LogP contribution is 2.44. The number of carbonyl (C=O) groups excluding carboxylic acids is 2. The van der Waals surface area contributed by atoms with Gasteiger partial charge in [0.1, 0.15) is 18.4 Å². The van der Waals surface area contributed by atoms with E-state index in [1.807, 2.05) is 48.5 Å². The summed E-state index contributed by atoms with van der Waals surface area (Å²) >= 11 is 0. The lowest BCUT2D eigenvalue weighted by molar-refractivity contribution is -0.122. The summed E-state index contributed by atoms with van der Waals surface area (Å²) in [6.45, 7) is -0.237. The van der Waals surface area contributed by atoms with Crippen molar-refractivity contribution in [2.75, 3.05) is 6.61 Å². The van der Waals surface area contributed by atoms with Crippen LogP contribution in [-0.4, -0.2) is 42.2 Å². The van der Waals surface area contributed by atoms with Crippen molar-refractivity contribution in [3.63, 3.8) is 0 Å². The molecule has 0 saturated heterocycles. The third kappa shape index (κ3) is 5.48. The smallest absolute Gasteiger partial charge is 0.407 e. The van der Waals surface area contributed by atoms with Crippen molar-refractivity contribution < 1.29 is 37.4 Å². The second-order valence-electron chi connectivity index (χ2n) is 7.96. The third-order valence-corrected chi connectivity index (χ3v) is 5.69. The first-order valence-corrected chi connectivity index (χ1v) is 10.8. The number of carbonyl (C=O) groups is 3. The van der Waals surface area contributed by atoms with Crippen LogP contribution in [0.5, 0.6) is 0 Å². The number of hydrogen-bond donors (Lipinski definition) is 3. The molecule has 0 radical (unpaired) electrons. The van der Waals surface area contributed by atoms with Gasteiger partial charge in [-0.2, -0.15) is 0 Å². The summed E-state index contributed by atoms with van der Waals surface area (Å²) in [5.74, 6) is -2.44. The maximum atomic E-state index is 13.5. The van der Waals surface area contributed by atoms with Gasteiger partial charge in [0, 0.05) is 5.92 Å². The number of benzene rings is 2. The molecule has 0 fully saturated rings. The number of carboxylic acids is 1. The standard InChI is InChI=1S/C25H22F2N2O6/c26-23(27)20(11-22(30)28-12-14-9-10-21(35-14)24(31)32)29-25(33)34-13-19-17-7-3-1-5-15(17)16-6-2-4-8-18(16)19/h1-10,19-20,23H,11-13H2,(H,28,30)(H,29,33)(H,31,32). The molecule has 0 spiro atoms. The lowest BCUT2D eigenvalue weighted by atomic mass is 9.98. The quantitative estimate of drug-likeness (QED) is 0.420. The highest BCUT2D eigenvalue weighted by atomic mass is 19.3. The number of furan rings is 1. The minimum atomic E-state index is -3.01. The van der Waals surface area contributed by atoms with Crippen molar-refractivity contribution in [2.24, 2.45) is 0 Å². The zero-order valence-electron chi connectivity index (χ0n) is 18.4. The van der Waals surface area contributed by atoms with Gasteiger partial charge in [0.2, 0.25) is 11.7 Å². The number of nitrogens with one attached hydrogen (secondary N) is 2. The lowest BCUT2D eigenvalue weighted by Crippen LogP contribution is -2.44. The molecule has 0 aliphatic heterocycles. The molecule has 4 rings (SSSR count). The molecule has 3 aromatic rings. The van der Waals surface area contributed by atoms with Crippen LogP contribution in [0.2, 0.25) is 0 Å². The zero-order valence-corrected chi connectivity index (χ0v) is 18.4. The molecular formula is C25H22F2N2O6. The molecule has 1 aromatic heterocycles. The van der Waals surface area contributed by atoms with Crippen LogP contribution in [-0.2, 0) is 16.1 Å². The summed E-state index contributed by atoms with van der Waals surface area (Å²) in [5, 5.41) is 13.3. The minimum absolute atomic E-state index is 0.0492. The molecule has 2 amide bonds. The first-order valence-electron chi connectivity index (χ1n) is 10.8. The van der Waals surface area contributed by atoms with Gasteiger partial charge < -0.3 is 24.9 Å². The number of alkyl carbamates (subject to hydrolysis) is 1. The van der Waals surface area contributed by atoms with E-state index < -0.39 is 36.9 Å². The number of alkyl halides is 2. The first kappa shape index (κ1) is 23.9. The molecule has 2 aromatic carbocycles. The Morgan fingerprint density at radius 2 is 1.60 bits per heavy atom. The van der Waals surface area contributed by atoms with Crippen molar-refractivity contribution in [3.05, 3.63) is 83.3 Å². The zero-order chi connectivity index (χ0) is 24.9. The predicted molar refractivity (Wildman–Crippen MR) is 120 cm³/mol. The van der Waals surface area contributed by atoms with Gasteiger partial charge in [-0.15, -0.1) is 0 Å². The predicted octanol–water partition coefficient (Wildman–Crippen LogP) is 4.16. The van der Waals surface area contributed by atoms with Crippen LogP contribution in [0.4, 0.5) is 13.6 Å². The normalized spacial score (nSPS) is 13.1. The molecule has 35 heavy (non-hydrogen) atoms. The monoisotopic (exact) mass is 484 g/mol. The van der Waals surface area contributed by atoms with Gasteiger partial charge in [0.05, 0.1) is 13.0 Å². The van der Waals surface area contributed by atoms with Crippen LogP contribution >= 0.6 is 0 Å². The molecule has 3 N–H and O–H groups in total. The Morgan fingerprint density at radius 3 is 2.17 bits per heavy atom. The highest BCUT2D eigenvalue weighted by Gasteiger charge is 2.30. The average Bonchev–Trinajstić information content (AvgIpc) is 3.44. The fourth-order valence-electron chi connectivity index (χ4n) is 4.04. The van der Waals surface area contributed by atoms with Gasteiger partial charge in [0.25, 0.3) is 6.43 Å². The van der Waals surface area contributed by atoms with Crippen LogP contribution in [0.15, 0.2) is 65.1 Å². The maximum Gasteiger partial charge on any atom is 0.407 e. The number of hydrogen-bond acceptors (Lipinski definition) is 5. The largest absolute Gasteiger partial charge is 0.475 e. The van der Waals surface area contributed by atoms with Gasteiger partial charge in [-0.3, -0.25) is 4.79 Å². The van der Waals surface area contributed by atoms with Crippen LogP contribution in [0.1, 0.15) is 39.8 Å². The first-order chi connectivity index (χ1) is 16.8. The van der Waals surface area contributed by atoms with E-state index in [-0.39, 0.29) is 30.6 Å². The Balaban J connectivity index is 1.31. The number of halogens is 2. The molecule has 0 bridgehead atoms. The molecule has 1 heterocycles. The molecule has 1 aliphatic carbocycles. The minimum Gasteiger partial charge on any atom is -0.475 e. The van der Waals surface area contributed by atoms with E-state index in [9.17, 15) is 23.2 Å². The van der Waals surface area contributed by atoms with Crippen molar-refractivity contribution in [1.82, 2.24) is 10.6 Å². The number of aromatic carboxylic acids is 1. The average molecular weight is 484 g/mol. The maximum absolute atomic E-state index is 13.5. The van der Waals surface area contributed by atoms with E-state index in [0.29, 0.717) is 0 Å². The second-order valence-corrected chi connectivity index (χ2v) is 7.96. The molecule has 1 atom stereocenters. The fourth-order valence-corrected chi connectivity index (χ4v) is 4.04. The van der Waals surface area contributed by atoms with Crippen LogP contribution in [0.3, 0.4) is 0 Å². The Kier molecular flexibility index (Phi) is 7.09. The van der Waals surface area contributed by atoms with Gasteiger partial charge in [-0.1, -0.05) is 48.5 Å². The summed E-state index contributed by atoms with van der Waals surface area (Å²) in [5.41, 5.74) is 4.03. The van der Waals surface area contributed by atoms with E-state index in [2.05, 4.69) is 10.6 Å². The summed E-state index contributed by atoms with van der Waals surface area (Å²) in [6.07, 6.45) is -4.76. The van der Waals surface area contributed by atoms with E-state index in [1.165, 1.54) is 12.1 Å². The van der Waals surface area contributed by atoms with Crippen LogP contribution in [0, 0.1) is 0 Å². The Bertz CT molecular complexity index is 1200. The van der Waals surface area contributed by atoms with E-state index >= 15 is 0 Å². The van der Waals surface area contributed by atoms with Crippen molar-refractivity contribution in [3.8, 4) is 11.1 Å². The second kappa shape index (κ2) is 10.4. The lowest BCUT2D eigenvalue weighted by Gasteiger charge is -2.19. The highest BCUT2D eigenvalue weighted by molar-refractivity contribution is 5.84. The molecular weight excluding hydrogens is 462 g/mol. The summed E-state index contributed by atoms with van der Waals surface area (Å²) < 4.78 is 37.2. The van der Waals surface area contributed by atoms with E-state index in [4.69, 9.17) is 14.3 Å². The number of amides is 2. The Morgan fingerprint density at radius 1 is 0.971 bits per heavy atom. The van der Waals surface area contributed by atoms with Crippen LogP contribution in [0.25, 0.3) is 11.1 Å². The third-order valence-electron chi connectivity index (χ3n) is 5.69. The molecule has 10 heteroatoms. The van der Waals surface area contributed by atoms with E-state index in [0.717, 1.165) is 22.3 Å². The van der Waals surface area contributed by atoms with Gasteiger partial charge in [0.15, 0.2) is 0 Å². The number of rotatable bonds is 9. The van der Waals surface area contributed by atoms with Gasteiger partial charge in [-0.25, -0.2) is 18.4 Å². The molecule has 1 aliphatic rings. The Hall–Kier alpha value is -4.21. The Labute approximate surface area is 198 Å². The number of carboxylic acid groups (broad SMARTS) is 1. The molecule has 182 valence electrons. The number of ether oxygens (including phenoxy) is 1. The van der Waals surface area contributed by atoms with Crippen molar-refractivity contribution in [2.45, 2.75) is 31.4 Å². The van der Waals surface area contributed by atoms with Gasteiger partial charge >= 0.3 is 12.1 Å². The summed E-state index contributed by atoms with van der Waals surface area (Å²) in [4.78, 5) is 35.2. The van der Waals surface area contributed by atoms with Crippen molar-refractivity contribution in [1.29, 1.82) is 0 Å². The SMILES string of the molecule is O=C(CC(NC(=O)OCC1c2ccccc2-c2ccccc21)C(F)F)NCc1ccc(C(=O)O)o1. The van der Waals surface area contributed by atoms with Crippen LogP contribution < -0.4 is 10.6 Å².